The first-order valence-electron chi connectivity index (χ1n) is 15.4. The third kappa shape index (κ3) is 9.27. The molecular formula is C38H41NO7. The van der Waals surface area contributed by atoms with Crippen LogP contribution in [-0.2, 0) is 19.1 Å². The lowest BCUT2D eigenvalue weighted by atomic mass is 9.88. The summed E-state index contributed by atoms with van der Waals surface area (Å²) in [5.41, 5.74) is 5.48. The average Bonchev–Trinajstić information content (AvgIpc) is 3.34. The maximum atomic E-state index is 13.6. The molecule has 0 fully saturated rings. The van der Waals surface area contributed by atoms with E-state index in [-0.39, 0.29) is 30.3 Å². The molecule has 46 heavy (non-hydrogen) atoms. The van der Waals surface area contributed by atoms with Crippen LogP contribution in [0.1, 0.15) is 73.5 Å². The van der Waals surface area contributed by atoms with Gasteiger partial charge in [-0.3, -0.25) is 4.79 Å². The maximum Gasteiger partial charge on any atom is 0.407 e. The number of carbonyl (C=O) groups excluding carboxylic acids is 3. The highest BCUT2D eigenvalue weighted by Crippen LogP contribution is 2.44. The molecule has 0 spiro atoms. The zero-order valence-electron chi connectivity index (χ0n) is 26.6. The average molecular weight is 624 g/mol. The number of hydrogen-bond donors (Lipinski definition) is 2. The molecule has 3 atom stereocenters. The Morgan fingerprint density at radius 2 is 1.50 bits per heavy atom. The molecule has 0 radical (unpaired) electrons. The Morgan fingerprint density at radius 3 is 2.07 bits per heavy atom. The van der Waals surface area contributed by atoms with Crippen LogP contribution in [0.2, 0.25) is 0 Å². The van der Waals surface area contributed by atoms with Crippen molar-refractivity contribution in [3.63, 3.8) is 0 Å². The normalized spacial score (nSPS) is 14.7. The number of ether oxygens (including phenoxy) is 2. The minimum absolute atomic E-state index is 0.107. The van der Waals surface area contributed by atoms with E-state index in [2.05, 4.69) is 17.4 Å². The molecule has 2 N–H and O–H groups in total. The maximum absolute atomic E-state index is 13.6. The highest BCUT2D eigenvalue weighted by Gasteiger charge is 2.33. The van der Waals surface area contributed by atoms with Crippen LogP contribution in [0.4, 0.5) is 4.79 Å². The Kier molecular flexibility index (Phi) is 11.3. The van der Waals surface area contributed by atoms with Crippen LogP contribution in [0, 0.1) is 11.3 Å². The van der Waals surface area contributed by atoms with Crippen LogP contribution in [0.25, 0.3) is 17.2 Å². The smallest absolute Gasteiger partial charge is 0.407 e. The third-order valence-electron chi connectivity index (χ3n) is 7.88. The molecule has 0 bridgehead atoms. The number of carboxylic acid groups (broad SMARTS) is 1. The van der Waals surface area contributed by atoms with E-state index in [1.165, 1.54) is 6.08 Å². The van der Waals surface area contributed by atoms with Gasteiger partial charge < -0.3 is 19.9 Å². The summed E-state index contributed by atoms with van der Waals surface area (Å²) in [6, 6.07) is 22.1. The topological polar surface area (TPSA) is 119 Å². The monoisotopic (exact) mass is 623 g/mol. The van der Waals surface area contributed by atoms with Gasteiger partial charge in [0.2, 0.25) is 0 Å². The first-order chi connectivity index (χ1) is 21.9. The minimum atomic E-state index is -1.11. The Hall–Kier alpha value is -4.98. The third-order valence-corrected chi connectivity index (χ3v) is 7.88. The van der Waals surface area contributed by atoms with Crippen molar-refractivity contribution in [2.45, 2.75) is 58.6 Å². The molecule has 2 unspecified atom stereocenters. The first kappa shape index (κ1) is 33.9. The molecule has 0 heterocycles. The van der Waals surface area contributed by atoms with E-state index in [1.807, 2.05) is 76.2 Å². The van der Waals surface area contributed by atoms with E-state index in [9.17, 15) is 19.2 Å². The number of fused-ring (bicyclic) bond motifs is 3. The van der Waals surface area contributed by atoms with E-state index >= 15 is 0 Å². The van der Waals surface area contributed by atoms with Gasteiger partial charge in [-0.15, -0.1) is 0 Å². The largest absolute Gasteiger partial charge is 0.478 e. The first-order valence-corrected chi connectivity index (χ1v) is 15.4. The van der Waals surface area contributed by atoms with E-state index in [1.54, 1.807) is 24.3 Å². The van der Waals surface area contributed by atoms with Crippen molar-refractivity contribution in [3.8, 4) is 11.1 Å². The molecule has 0 saturated heterocycles. The van der Waals surface area contributed by atoms with Gasteiger partial charge in [-0.2, -0.15) is 0 Å². The van der Waals surface area contributed by atoms with Crippen molar-refractivity contribution >= 4 is 30.4 Å². The Balaban J connectivity index is 1.46. The van der Waals surface area contributed by atoms with Crippen molar-refractivity contribution in [2.75, 3.05) is 6.61 Å². The van der Waals surface area contributed by atoms with E-state index in [0.717, 1.165) is 40.2 Å². The number of esters is 1. The van der Waals surface area contributed by atoms with Crippen LogP contribution in [0.5, 0.6) is 0 Å². The molecular weight excluding hydrogens is 582 g/mol. The van der Waals surface area contributed by atoms with Crippen molar-refractivity contribution in [2.24, 2.45) is 11.3 Å². The standard InChI is InChI=1S/C38H41NO7/c1-25(16-17-26-18-20-27(23-40)21-19-26)34(14-9-15-35(41)42)46-36(43)33(22-38(2,3)4)39-37(44)45-24-32-30-12-7-5-10-28(30)29-11-6-8-13-31(29)32/h5-13,15-21,23,25,32-34H,14,22,24H2,1-4H3,(H,39,44)(H,41,42)/t25?,33-,34?/m0/s1. The summed E-state index contributed by atoms with van der Waals surface area (Å²) in [7, 11) is 0. The van der Waals surface area contributed by atoms with Crippen molar-refractivity contribution < 1.29 is 33.8 Å². The second-order valence-electron chi connectivity index (χ2n) is 12.7. The van der Waals surface area contributed by atoms with Crippen LogP contribution < -0.4 is 5.32 Å². The number of benzene rings is 3. The molecule has 8 nitrogen and oxygen atoms in total. The number of carbonyl (C=O) groups is 4. The number of rotatable bonds is 13. The predicted octanol–water partition coefficient (Wildman–Crippen LogP) is 7.43. The molecule has 1 aliphatic carbocycles. The fraction of sp³-hybridized carbons (Fsp3) is 0.316. The molecule has 0 aromatic heterocycles. The zero-order chi connectivity index (χ0) is 33.3. The molecule has 3 aromatic carbocycles. The van der Waals surface area contributed by atoms with Gasteiger partial charge in [0.1, 0.15) is 25.0 Å². The Labute approximate surface area is 270 Å². The number of alkyl carbamates (subject to hydrolysis) is 1. The van der Waals surface area contributed by atoms with Gasteiger partial charge in [0.05, 0.1) is 0 Å². The van der Waals surface area contributed by atoms with E-state index < -0.39 is 30.2 Å². The van der Waals surface area contributed by atoms with Gasteiger partial charge in [0.25, 0.3) is 0 Å². The van der Waals surface area contributed by atoms with Gasteiger partial charge in [-0.05, 0) is 39.7 Å². The zero-order valence-corrected chi connectivity index (χ0v) is 26.6. The number of nitrogens with one attached hydrogen (secondary N) is 1. The number of amides is 1. The summed E-state index contributed by atoms with van der Waals surface area (Å²) in [5.74, 6) is -2.17. The van der Waals surface area contributed by atoms with Gasteiger partial charge in [0, 0.05) is 29.9 Å². The summed E-state index contributed by atoms with van der Waals surface area (Å²) in [6.07, 6.45) is 5.95. The second-order valence-corrected chi connectivity index (χ2v) is 12.7. The molecule has 240 valence electrons. The molecule has 1 amide bonds. The number of hydrogen-bond acceptors (Lipinski definition) is 6. The van der Waals surface area contributed by atoms with Crippen LogP contribution in [0.3, 0.4) is 0 Å². The molecule has 4 rings (SSSR count). The van der Waals surface area contributed by atoms with Crippen LogP contribution >= 0.6 is 0 Å². The predicted molar refractivity (Wildman–Crippen MR) is 177 cm³/mol. The summed E-state index contributed by atoms with van der Waals surface area (Å²) in [6.45, 7) is 7.85. The van der Waals surface area contributed by atoms with Crippen molar-refractivity contribution in [1.29, 1.82) is 0 Å². The second kappa shape index (κ2) is 15.3. The summed E-state index contributed by atoms with van der Waals surface area (Å²) >= 11 is 0. The van der Waals surface area contributed by atoms with Gasteiger partial charge in [-0.1, -0.05) is 119 Å². The molecule has 1 aliphatic rings. The summed E-state index contributed by atoms with van der Waals surface area (Å²) in [4.78, 5) is 48.8. The Bertz CT molecular complexity index is 1550. The van der Waals surface area contributed by atoms with Crippen molar-refractivity contribution in [3.05, 3.63) is 113 Å². The molecule has 0 saturated carbocycles. The molecule has 0 aliphatic heterocycles. The number of aldehydes is 1. The van der Waals surface area contributed by atoms with E-state index in [0.29, 0.717) is 12.0 Å². The molecule has 8 heteroatoms. The number of aliphatic carboxylic acids is 1. The Morgan fingerprint density at radius 1 is 0.913 bits per heavy atom. The lowest BCUT2D eigenvalue weighted by Crippen LogP contribution is -2.46. The van der Waals surface area contributed by atoms with Gasteiger partial charge >= 0.3 is 18.0 Å². The van der Waals surface area contributed by atoms with Gasteiger partial charge in [-0.25, -0.2) is 14.4 Å². The molecule has 3 aromatic rings. The lowest BCUT2D eigenvalue weighted by molar-refractivity contribution is -0.153. The highest BCUT2D eigenvalue weighted by atomic mass is 16.6. The summed E-state index contributed by atoms with van der Waals surface area (Å²) in [5, 5.41) is 11.8. The quantitative estimate of drug-likeness (QED) is 0.115. The van der Waals surface area contributed by atoms with Gasteiger partial charge in [0.15, 0.2) is 0 Å². The summed E-state index contributed by atoms with van der Waals surface area (Å²) < 4.78 is 11.7. The lowest BCUT2D eigenvalue weighted by Gasteiger charge is -2.28. The number of carboxylic acids is 1. The SMILES string of the molecule is CC(C=Cc1ccc(C=O)cc1)C(CC=CC(=O)O)OC(=O)[C@H](CC(C)(C)C)NC(=O)OCC1c2ccccc2-c2ccccc21. The fourth-order valence-electron chi connectivity index (χ4n) is 5.56. The minimum Gasteiger partial charge on any atom is -0.478 e. The van der Waals surface area contributed by atoms with E-state index in [4.69, 9.17) is 14.6 Å². The van der Waals surface area contributed by atoms with Crippen LogP contribution in [-0.4, -0.2) is 48.2 Å². The highest BCUT2D eigenvalue weighted by molar-refractivity contribution is 5.82. The van der Waals surface area contributed by atoms with Crippen LogP contribution in [0.15, 0.2) is 91.0 Å². The fourth-order valence-corrected chi connectivity index (χ4v) is 5.56. The van der Waals surface area contributed by atoms with Crippen molar-refractivity contribution in [1.82, 2.24) is 5.32 Å².